The van der Waals surface area contributed by atoms with Crippen molar-refractivity contribution >= 4 is 16.0 Å². The SMILES string of the molecule is CCc1cc(CC)c(S(=O)(=O)NCC(=O)O)c(CC)c1. The Morgan fingerprint density at radius 2 is 1.60 bits per heavy atom. The van der Waals surface area contributed by atoms with Crippen LogP contribution in [-0.2, 0) is 34.1 Å². The molecule has 0 radical (unpaired) electrons. The fraction of sp³-hybridized carbons (Fsp3) is 0.500. The molecule has 0 unspecified atom stereocenters. The van der Waals surface area contributed by atoms with Crippen molar-refractivity contribution in [3.05, 3.63) is 28.8 Å². The van der Waals surface area contributed by atoms with Crippen LogP contribution < -0.4 is 4.72 Å². The molecule has 0 heterocycles. The molecule has 112 valence electrons. The molecule has 0 amide bonds. The fourth-order valence-corrected chi connectivity index (χ4v) is 3.68. The summed E-state index contributed by atoms with van der Waals surface area (Å²) in [6, 6.07) is 3.77. The number of carbonyl (C=O) groups is 1. The topological polar surface area (TPSA) is 83.5 Å². The molecule has 20 heavy (non-hydrogen) atoms. The molecule has 1 aromatic carbocycles. The average molecular weight is 299 g/mol. The van der Waals surface area contributed by atoms with Crippen LogP contribution in [0.4, 0.5) is 0 Å². The van der Waals surface area contributed by atoms with E-state index in [0.29, 0.717) is 12.8 Å². The molecule has 5 nitrogen and oxygen atoms in total. The van der Waals surface area contributed by atoms with E-state index in [4.69, 9.17) is 5.11 Å². The summed E-state index contributed by atoms with van der Waals surface area (Å²) in [5.41, 5.74) is 2.56. The van der Waals surface area contributed by atoms with Gasteiger partial charge >= 0.3 is 5.97 Å². The Hall–Kier alpha value is -1.40. The van der Waals surface area contributed by atoms with Crippen molar-refractivity contribution in [1.82, 2.24) is 4.72 Å². The van der Waals surface area contributed by atoms with Gasteiger partial charge in [-0.3, -0.25) is 4.79 Å². The first-order chi connectivity index (χ1) is 9.35. The summed E-state index contributed by atoms with van der Waals surface area (Å²) < 4.78 is 26.8. The number of sulfonamides is 1. The number of nitrogens with one attached hydrogen (secondary N) is 1. The van der Waals surface area contributed by atoms with Crippen LogP contribution in [0, 0.1) is 0 Å². The van der Waals surface area contributed by atoms with Crippen LogP contribution in [0.1, 0.15) is 37.5 Å². The summed E-state index contributed by atoms with van der Waals surface area (Å²) in [5.74, 6) is -1.20. The first-order valence-corrected chi connectivity index (χ1v) is 8.20. The van der Waals surface area contributed by atoms with E-state index in [1.54, 1.807) is 0 Å². The van der Waals surface area contributed by atoms with E-state index in [-0.39, 0.29) is 4.90 Å². The molecule has 1 aromatic rings. The molecule has 0 atom stereocenters. The van der Waals surface area contributed by atoms with E-state index in [1.165, 1.54) is 0 Å². The summed E-state index contributed by atoms with van der Waals surface area (Å²) in [6.07, 6.45) is 2.01. The maximum atomic E-state index is 12.3. The monoisotopic (exact) mass is 299 g/mol. The summed E-state index contributed by atoms with van der Waals surface area (Å²) in [4.78, 5) is 10.8. The quantitative estimate of drug-likeness (QED) is 0.803. The average Bonchev–Trinajstić information content (AvgIpc) is 2.43. The molecule has 0 aliphatic heterocycles. The Bertz CT molecular complexity index is 568. The van der Waals surface area contributed by atoms with E-state index in [9.17, 15) is 13.2 Å². The van der Waals surface area contributed by atoms with Gasteiger partial charge in [0.1, 0.15) is 6.54 Å². The summed E-state index contributed by atoms with van der Waals surface area (Å²) in [7, 11) is -3.80. The van der Waals surface area contributed by atoms with E-state index in [0.717, 1.165) is 23.1 Å². The Morgan fingerprint density at radius 1 is 1.10 bits per heavy atom. The second-order valence-corrected chi connectivity index (χ2v) is 6.23. The van der Waals surface area contributed by atoms with Gasteiger partial charge in [-0.15, -0.1) is 0 Å². The van der Waals surface area contributed by atoms with Gasteiger partial charge in [0, 0.05) is 0 Å². The zero-order chi connectivity index (χ0) is 15.3. The third-order valence-electron chi connectivity index (χ3n) is 3.15. The van der Waals surface area contributed by atoms with Gasteiger partial charge in [-0.1, -0.05) is 32.9 Å². The number of carboxylic acids is 1. The van der Waals surface area contributed by atoms with E-state index < -0.39 is 22.5 Å². The molecule has 0 spiro atoms. The lowest BCUT2D eigenvalue weighted by Gasteiger charge is -2.15. The lowest BCUT2D eigenvalue weighted by molar-refractivity contribution is -0.135. The van der Waals surface area contributed by atoms with Crippen LogP contribution in [0.3, 0.4) is 0 Å². The number of rotatable bonds is 7. The van der Waals surface area contributed by atoms with Crippen molar-refractivity contribution < 1.29 is 18.3 Å². The van der Waals surface area contributed by atoms with Gasteiger partial charge < -0.3 is 5.11 Å². The molecule has 6 heteroatoms. The van der Waals surface area contributed by atoms with Crippen molar-refractivity contribution in [2.24, 2.45) is 0 Å². The molecule has 0 bridgehead atoms. The smallest absolute Gasteiger partial charge is 0.318 e. The number of aryl methyl sites for hydroxylation is 3. The molecular formula is C14H21NO4S. The van der Waals surface area contributed by atoms with Crippen molar-refractivity contribution in [3.63, 3.8) is 0 Å². The molecule has 2 N–H and O–H groups in total. The number of hydrogen-bond donors (Lipinski definition) is 2. The van der Waals surface area contributed by atoms with E-state index in [2.05, 4.69) is 4.72 Å². The van der Waals surface area contributed by atoms with Gasteiger partial charge in [0.2, 0.25) is 10.0 Å². The Labute approximate surface area is 120 Å². The third-order valence-corrected chi connectivity index (χ3v) is 4.74. The second-order valence-electron chi connectivity index (χ2n) is 4.52. The maximum Gasteiger partial charge on any atom is 0.318 e. The summed E-state index contributed by atoms with van der Waals surface area (Å²) in [6.45, 7) is 5.20. The second kappa shape index (κ2) is 6.85. The number of benzene rings is 1. The molecule has 0 fully saturated rings. The van der Waals surface area contributed by atoms with Crippen molar-refractivity contribution in [2.75, 3.05) is 6.54 Å². The number of aliphatic carboxylic acids is 1. The van der Waals surface area contributed by atoms with Gasteiger partial charge in [0.25, 0.3) is 0 Å². The minimum absolute atomic E-state index is 0.237. The van der Waals surface area contributed by atoms with Gasteiger partial charge in [-0.2, -0.15) is 4.72 Å². The number of carboxylic acid groups (broad SMARTS) is 1. The highest BCUT2D eigenvalue weighted by atomic mass is 32.2. The number of hydrogen-bond acceptors (Lipinski definition) is 3. The first kappa shape index (κ1) is 16.7. The standard InChI is InChI=1S/C14H21NO4S/c1-4-10-7-11(5-2)14(12(6-3)8-10)20(18,19)15-9-13(16)17/h7-8,15H,4-6,9H2,1-3H3,(H,16,17). The predicted octanol–water partition coefficient (Wildman–Crippen LogP) is 1.74. The minimum Gasteiger partial charge on any atom is -0.480 e. The normalized spacial score (nSPS) is 11.6. The van der Waals surface area contributed by atoms with Crippen molar-refractivity contribution in [1.29, 1.82) is 0 Å². The zero-order valence-electron chi connectivity index (χ0n) is 12.1. The van der Waals surface area contributed by atoms with Crippen LogP contribution in [-0.4, -0.2) is 26.0 Å². The van der Waals surface area contributed by atoms with Crippen LogP contribution >= 0.6 is 0 Å². The van der Waals surface area contributed by atoms with Gasteiger partial charge in [-0.25, -0.2) is 8.42 Å². The first-order valence-electron chi connectivity index (χ1n) is 6.71. The Kier molecular flexibility index (Phi) is 5.71. The lowest BCUT2D eigenvalue weighted by atomic mass is 10.0. The minimum atomic E-state index is -3.80. The highest BCUT2D eigenvalue weighted by Crippen LogP contribution is 2.24. The Balaban J connectivity index is 3.38. The summed E-state index contributed by atoms with van der Waals surface area (Å²) >= 11 is 0. The van der Waals surface area contributed by atoms with Crippen LogP contribution in [0.5, 0.6) is 0 Å². The van der Waals surface area contributed by atoms with Crippen LogP contribution in [0.25, 0.3) is 0 Å². The lowest BCUT2D eigenvalue weighted by Crippen LogP contribution is -2.31. The molecule has 1 rings (SSSR count). The zero-order valence-corrected chi connectivity index (χ0v) is 12.9. The van der Waals surface area contributed by atoms with E-state index in [1.807, 2.05) is 32.9 Å². The van der Waals surface area contributed by atoms with E-state index >= 15 is 0 Å². The molecular weight excluding hydrogens is 278 g/mol. The van der Waals surface area contributed by atoms with Crippen LogP contribution in [0.2, 0.25) is 0 Å². The van der Waals surface area contributed by atoms with Crippen LogP contribution in [0.15, 0.2) is 17.0 Å². The highest BCUT2D eigenvalue weighted by Gasteiger charge is 2.22. The molecule has 0 saturated heterocycles. The van der Waals surface area contributed by atoms with Gasteiger partial charge in [0.15, 0.2) is 0 Å². The Morgan fingerprint density at radius 3 is 1.95 bits per heavy atom. The van der Waals surface area contributed by atoms with Gasteiger partial charge in [0.05, 0.1) is 4.90 Å². The largest absolute Gasteiger partial charge is 0.480 e. The fourth-order valence-electron chi connectivity index (χ4n) is 2.13. The maximum absolute atomic E-state index is 12.3. The highest BCUT2D eigenvalue weighted by molar-refractivity contribution is 7.89. The van der Waals surface area contributed by atoms with Crippen molar-refractivity contribution in [3.8, 4) is 0 Å². The third kappa shape index (κ3) is 3.80. The molecule has 0 aromatic heterocycles. The molecule has 0 aliphatic carbocycles. The molecule has 0 saturated carbocycles. The molecule has 0 aliphatic rings. The summed E-state index contributed by atoms with van der Waals surface area (Å²) in [5, 5.41) is 8.63. The van der Waals surface area contributed by atoms with Crippen molar-refractivity contribution in [2.45, 2.75) is 44.9 Å². The predicted molar refractivity (Wildman–Crippen MR) is 77.4 cm³/mol. The van der Waals surface area contributed by atoms with Gasteiger partial charge in [-0.05, 0) is 36.0 Å².